The molecule has 2 rings (SSSR count). The smallest absolute Gasteiger partial charge is 0.0719 e. The molecule has 1 aliphatic heterocycles. The van der Waals surface area contributed by atoms with Crippen molar-refractivity contribution in [3.8, 4) is 12.3 Å². The Morgan fingerprint density at radius 1 is 1.43 bits per heavy atom. The van der Waals surface area contributed by atoms with E-state index < -0.39 is 0 Å². The molecule has 0 aromatic heterocycles. The second kappa shape index (κ2) is 3.86. The molecule has 1 unspecified atom stereocenters. The van der Waals surface area contributed by atoms with Gasteiger partial charge >= 0.3 is 0 Å². The summed E-state index contributed by atoms with van der Waals surface area (Å²) >= 11 is 0. The summed E-state index contributed by atoms with van der Waals surface area (Å²) < 4.78 is 5.38. The fourth-order valence-corrected chi connectivity index (χ4v) is 1.75. The van der Waals surface area contributed by atoms with Crippen LogP contribution in [-0.2, 0) is 17.8 Å². The predicted octanol–water partition coefficient (Wildman–Crippen LogP) is 2.50. The van der Waals surface area contributed by atoms with Crippen molar-refractivity contribution in [2.75, 3.05) is 6.61 Å². The Bertz CT molecular complexity index is 373. The molecule has 72 valence electrons. The van der Waals surface area contributed by atoms with Crippen molar-refractivity contribution in [3.63, 3.8) is 0 Å². The third-order valence-corrected chi connectivity index (χ3v) is 2.75. The topological polar surface area (TPSA) is 9.23 Å². The van der Waals surface area contributed by atoms with E-state index >= 15 is 0 Å². The minimum atomic E-state index is 0.211. The molecule has 1 nitrogen and oxygen atoms in total. The first-order valence-electron chi connectivity index (χ1n) is 4.97. The average Bonchev–Trinajstić information content (AvgIpc) is 2.27. The van der Waals surface area contributed by atoms with Crippen molar-refractivity contribution in [2.45, 2.75) is 25.9 Å². The number of fused-ring (bicyclic) bond motifs is 1. The van der Waals surface area contributed by atoms with Gasteiger partial charge in [-0.2, -0.15) is 0 Å². The number of ether oxygens (including phenoxy) is 1. The Morgan fingerprint density at radius 3 is 3.07 bits per heavy atom. The Kier molecular flexibility index (Phi) is 2.56. The summed E-state index contributed by atoms with van der Waals surface area (Å²) in [5.41, 5.74) is 3.95. The molecule has 0 bridgehead atoms. The normalized spacial score (nSPS) is 16.9. The van der Waals surface area contributed by atoms with Crippen LogP contribution in [0.2, 0.25) is 0 Å². The highest BCUT2D eigenvalue weighted by Gasteiger charge is 2.11. The van der Waals surface area contributed by atoms with Gasteiger partial charge in [-0.1, -0.05) is 24.1 Å². The molecule has 14 heavy (non-hydrogen) atoms. The van der Waals surface area contributed by atoms with E-state index in [1.807, 2.05) is 0 Å². The number of hydrogen-bond donors (Lipinski definition) is 0. The fraction of sp³-hybridized carbons (Fsp3) is 0.385. The van der Waals surface area contributed by atoms with E-state index in [0.29, 0.717) is 0 Å². The van der Waals surface area contributed by atoms with E-state index in [1.165, 1.54) is 16.7 Å². The van der Waals surface area contributed by atoms with Gasteiger partial charge in [0.1, 0.15) is 0 Å². The first-order valence-corrected chi connectivity index (χ1v) is 4.97. The van der Waals surface area contributed by atoms with E-state index in [2.05, 4.69) is 31.0 Å². The highest BCUT2D eigenvalue weighted by Crippen LogP contribution is 2.22. The summed E-state index contributed by atoms with van der Waals surface area (Å²) in [6, 6.07) is 6.47. The van der Waals surface area contributed by atoms with Crippen LogP contribution >= 0.6 is 0 Å². The van der Waals surface area contributed by atoms with Crippen LogP contribution < -0.4 is 0 Å². The van der Waals surface area contributed by atoms with Gasteiger partial charge in [-0.15, -0.1) is 6.42 Å². The Balaban J connectivity index is 2.34. The monoisotopic (exact) mass is 186 g/mol. The molecule has 0 fully saturated rings. The number of rotatable bonds is 1. The van der Waals surface area contributed by atoms with Crippen LogP contribution in [0.1, 0.15) is 29.5 Å². The highest BCUT2D eigenvalue weighted by atomic mass is 16.5. The maximum absolute atomic E-state index is 5.41. The van der Waals surface area contributed by atoms with Crippen LogP contribution in [0.5, 0.6) is 0 Å². The van der Waals surface area contributed by atoms with E-state index in [0.717, 1.165) is 19.6 Å². The lowest BCUT2D eigenvalue weighted by Gasteiger charge is -2.18. The highest BCUT2D eigenvalue weighted by molar-refractivity contribution is 5.36. The molecule has 0 saturated heterocycles. The summed E-state index contributed by atoms with van der Waals surface area (Å²) in [5, 5.41) is 0. The van der Waals surface area contributed by atoms with Gasteiger partial charge in [0.2, 0.25) is 0 Å². The molecule has 0 spiro atoms. The lowest BCUT2D eigenvalue weighted by atomic mass is 9.95. The zero-order chi connectivity index (χ0) is 9.97. The minimum Gasteiger partial charge on any atom is -0.376 e. The van der Waals surface area contributed by atoms with Crippen molar-refractivity contribution < 1.29 is 4.74 Å². The third kappa shape index (κ3) is 1.66. The number of terminal acetylenes is 1. The van der Waals surface area contributed by atoms with E-state index in [-0.39, 0.29) is 5.92 Å². The third-order valence-electron chi connectivity index (χ3n) is 2.75. The number of hydrogen-bond acceptors (Lipinski definition) is 1. The van der Waals surface area contributed by atoms with Crippen molar-refractivity contribution in [1.29, 1.82) is 0 Å². The van der Waals surface area contributed by atoms with Gasteiger partial charge in [0.25, 0.3) is 0 Å². The standard InChI is InChI=1S/C13H14O/c1-3-10(2)11-4-5-13-9-14-7-6-12(13)8-11/h1,4-5,8,10H,6-7,9H2,2H3. The quantitative estimate of drug-likeness (QED) is 0.612. The van der Waals surface area contributed by atoms with Gasteiger partial charge in [0.05, 0.1) is 13.2 Å². The summed E-state index contributed by atoms with van der Waals surface area (Å²) in [6.07, 6.45) is 6.42. The molecular formula is C13H14O. The molecule has 0 amide bonds. The Labute approximate surface area is 85.1 Å². The number of benzene rings is 1. The minimum absolute atomic E-state index is 0.211. The van der Waals surface area contributed by atoms with E-state index in [4.69, 9.17) is 11.2 Å². The van der Waals surface area contributed by atoms with Gasteiger partial charge in [-0.25, -0.2) is 0 Å². The second-order valence-corrected chi connectivity index (χ2v) is 3.72. The lowest BCUT2D eigenvalue weighted by Crippen LogP contribution is -2.10. The summed E-state index contributed by atoms with van der Waals surface area (Å²) in [7, 11) is 0. The molecule has 0 N–H and O–H groups in total. The first-order chi connectivity index (χ1) is 6.81. The molecule has 1 aliphatic rings. The fourth-order valence-electron chi connectivity index (χ4n) is 1.75. The zero-order valence-corrected chi connectivity index (χ0v) is 8.42. The largest absolute Gasteiger partial charge is 0.376 e. The molecule has 1 aromatic rings. The van der Waals surface area contributed by atoms with Gasteiger partial charge in [-0.3, -0.25) is 0 Å². The van der Waals surface area contributed by atoms with Gasteiger partial charge < -0.3 is 4.74 Å². The molecular weight excluding hydrogens is 172 g/mol. The van der Waals surface area contributed by atoms with Gasteiger partial charge in [-0.05, 0) is 30.0 Å². The second-order valence-electron chi connectivity index (χ2n) is 3.72. The molecule has 0 aliphatic carbocycles. The SMILES string of the molecule is C#CC(C)c1ccc2c(c1)CCOC2. The van der Waals surface area contributed by atoms with Crippen LogP contribution in [0.25, 0.3) is 0 Å². The summed E-state index contributed by atoms with van der Waals surface area (Å²) in [4.78, 5) is 0. The van der Waals surface area contributed by atoms with E-state index in [1.54, 1.807) is 0 Å². The van der Waals surface area contributed by atoms with Gasteiger partial charge in [0.15, 0.2) is 0 Å². The average molecular weight is 186 g/mol. The molecule has 0 radical (unpaired) electrons. The zero-order valence-electron chi connectivity index (χ0n) is 8.42. The molecule has 1 atom stereocenters. The molecule has 1 heterocycles. The maximum Gasteiger partial charge on any atom is 0.0719 e. The first kappa shape index (κ1) is 9.30. The summed E-state index contributed by atoms with van der Waals surface area (Å²) in [5.74, 6) is 2.97. The molecule has 1 aromatic carbocycles. The molecule has 1 heteroatoms. The van der Waals surface area contributed by atoms with Gasteiger partial charge in [0, 0.05) is 5.92 Å². The van der Waals surface area contributed by atoms with Crippen LogP contribution in [0.3, 0.4) is 0 Å². The van der Waals surface area contributed by atoms with Crippen LogP contribution in [0, 0.1) is 12.3 Å². The van der Waals surface area contributed by atoms with Crippen molar-refractivity contribution in [1.82, 2.24) is 0 Å². The van der Waals surface area contributed by atoms with Crippen molar-refractivity contribution in [2.24, 2.45) is 0 Å². The summed E-state index contributed by atoms with van der Waals surface area (Å²) in [6.45, 7) is 3.64. The van der Waals surface area contributed by atoms with E-state index in [9.17, 15) is 0 Å². The van der Waals surface area contributed by atoms with Crippen molar-refractivity contribution in [3.05, 3.63) is 34.9 Å². The Hall–Kier alpha value is -1.26. The Morgan fingerprint density at radius 2 is 2.29 bits per heavy atom. The van der Waals surface area contributed by atoms with Crippen molar-refractivity contribution >= 4 is 0 Å². The lowest BCUT2D eigenvalue weighted by molar-refractivity contribution is 0.110. The predicted molar refractivity (Wildman–Crippen MR) is 57.1 cm³/mol. The molecule has 0 saturated carbocycles. The van der Waals surface area contributed by atoms with Crippen LogP contribution in [-0.4, -0.2) is 6.61 Å². The van der Waals surface area contributed by atoms with Crippen LogP contribution in [0.15, 0.2) is 18.2 Å². The maximum atomic E-state index is 5.41. The van der Waals surface area contributed by atoms with Crippen LogP contribution in [0.4, 0.5) is 0 Å².